The van der Waals surface area contributed by atoms with Crippen molar-refractivity contribution in [3.8, 4) is 22.3 Å². The van der Waals surface area contributed by atoms with Gasteiger partial charge in [0.2, 0.25) is 0 Å². The number of hydrogen-bond acceptors (Lipinski definition) is 6. The maximum Gasteiger partial charge on any atom is 0.297 e. The summed E-state index contributed by atoms with van der Waals surface area (Å²) in [6.07, 6.45) is 0. The largest absolute Gasteiger partial charge is 0.297 e. The van der Waals surface area contributed by atoms with Crippen molar-refractivity contribution in [2.45, 2.75) is 14.7 Å². The molecular weight excluding hydrogens is 456 g/mol. The van der Waals surface area contributed by atoms with Crippen LogP contribution in [0.4, 0.5) is 0 Å². The van der Waals surface area contributed by atoms with E-state index in [9.17, 15) is 38.9 Å². The Morgan fingerprint density at radius 3 is 1.47 bits per heavy atom. The summed E-state index contributed by atoms with van der Waals surface area (Å²) in [6.45, 7) is 0. The molecule has 0 aliphatic rings. The molecule has 3 aromatic rings. The van der Waals surface area contributed by atoms with Crippen LogP contribution in [0.15, 0.2) is 81.4 Å². The van der Waals surface area contributed by atoms with Gasteiger partial charge in [0.05, 0.1) is 0 Å². The summed E-state index contributed by atoms with van der Waals surface area (Å²) in [5, 5.41) is 0. The van der Waals surface area contributed by atoms with Gasteiger partial charge >= 0.3 is 0 Å². The normalized spacial score (nSPS) is 12.6. The summed E-state index contributed by atoms with van der Waals surface area (Å²) >= 11 is 0. The molecule has 0 radical (unpaired) electrons. The first-order chi connectivity index (χ1) is 13.8. The molecule has 3 rings (SSSR count). The molecule has 158 valence electrons. The SMILES string of the molecule is O=S(=O)(O)c1ccc(-c2ccccc2-c2ccccc2)c(S(=O)(=O)O)c1S(=O)(=O)O. The molecule has 0 saturated carbocycles. The summed E-state index contributed by atoms with van der Waals surface area (Å²) in [5.74, 6) is 0. The van der Waals surface area contributed by atoms with Gasteiger partial charge in [-0.3, -0.25) is 13.7 Å². The Morgan fingerprint density at radius 2 is 0.967 bits per heavy atom. The molecule has 3 N–H and O–H groups in total. The van der Waals surface area contributed by atoms with E-state index in [0.717, 1.165) is 6.07 Å². The van der Waals surface area contributed by atoms with Gasteiger partial charge in [-0.2, -0.15) is 25.3 Å². The van der Waals surface area contributed by atoms with E-state index < -0.39 is 50.6 Å². The third-order valence-corrected chi connectivity index (χ3v) is 7.21. The summed E-state index contributed by atoms with van der Waals surface area (Å²) in [5.41, 5.74) is 0.783. The molecule has 3 aromatic carbocycles. The lowest BCUT2D eigenvalue weighted by molar-refractivity contribution is 0.456. The van der Waals surface area contributed by atoms with E-state index in [1.807, 2.05) is 0 Å². The van der Waals surface area contributed by atoms with Crippen molar-refractivity contribution in [3.05, 3.63) is 66.7 Å². The average molecular weight is 471 g/mol. The lowest BCUT2D eigenvalue weighted by Gasteiger charge is -2.16. The smallest absolute Gasteiger partial charge is 0.282 e. The molecule has 12 heteroatoms. The monoisotopic (exact) mass is 470 g/mol. The fourth-order valence-corrected chi connectivity index (χ4v) is 6.42. The Balaban J connectivity index is 2.55. The quantitative estimate of drug-likeness (QED) is 0.476. The van der Waals surface area contributed by atoms with Gasteiger partial charge in [0, 0.05) is 5.56 Å². The van der Waals surface area contributed by atoms with E-state index in [4.69, 9.17) is 0 Å². The van der Waals surface area contributed by atoms with E-state index in [-0.39, 0.29) is 5.56 Å². The maximum absolute atomic E-state index is 12.1. The van der Waals surface area contributed by atoms with Crippen LogP contribution in [0.3, 0.4) is 0 Å². The highest BCUT2D eigenvalue weighted by molar-refractivity contribution is 7.90. The molecule has 0 atom stereocenters. The molecule has 0 amide bonds. The van der Waals surface area contributed by atoms with Crippen molar-refractivity contribution in [2.24, 2.45) is 0 Å². The van der Waals surface area contributed by atoms with Crippen LogP contribution in [0.1, 0.15) is 0 Å². The van der Waals surface area contributed by atoms with E-state index in [1.165, 1.54) is 12.1 Å². The predicted octanol–water partition coefficient (Wildman–Crippen LogP) is 2.76. The summed E-state index contributed by atoms with van der Waals surface area (Å²) in [7, 11) is -16.2. The van der Waals surface area contributed by atoms with Gasteiger partial charge in [-0.1, -0.05) is 60.7 Å². The van der Waals surface area contributed by atoms with Crippen molar-refractivity contribution >= 4 is 30.4 Å². The highest BCUT2D eigenvalue weighted by Gasteiger charge is 2.35. The first kappa shape index (κ1) is 22.1. The Bertz CT molecular complexity index is 1440. The molecule has 0 spiro atoms. The minimum absolute atomic E-state index is 0.128. The standard InChI is InChI=1S/C18H14O9S3/c19-28(20,21)16-11-10-15(17(29(22,23)24)18(16)30(25,26)27)14-9-5-4-8-13(14)12-6-2-1-3-7-12/h1-11H,(H,19,20,21)(H,22,23,24)(H,25,26,27). The molecule has 0 aromatic heterocycles. The van der Waals surface area contributed by atoms with E-state index in [2.05, 4.69) is 0 Å². The molecule has 0 aliphatic carbocycles. The Hall–Kier alpha value is -2.61. The van der Waals surface area contributed by atoms with Gasteiger partial charge in [0.25, 0.3) is 30.4 Å². The zero-order valence-electron chi connectivity index (χ0n) is 14.9. The van der Waals surface area contributed by atoms with Crippen LogP contribution in [0.25, 0.3) is 22.3 Å². The average Bonchev–Trinajstić information content (AvgIpc) is 2.65. The molecule has 0 heterocycles. The van der Waals surface area contributed by atoms with Crippen LogP contribution in [0.5, 0.6) is 0 Å². The molecule has 9 nitrogen and oxygen atoms in total. The summed E-state index contributed by atoms with van der Waals surface area (Å²) < 4.78 is 100.0. The van der Waals surface area contributed by atoms with Crippen LogP contribution >= 0.6 is 0 Å². The fraction of sp³-hybridized carbons (Fsp3) is 0. The van der Waals surface area contributed by atoms with Crippen molar-refractivity contribution in [1.29, 1.82) is 0 Å². The van der Waals surface area contributed by atoms with Gasteiger partial charge in [-0.05, 0) is 22.8 Å². The van der Waals surface area contributed by atoms with Gasteiger partial charge < -0.3 is 0 Å². The van der Waals surface area contributed by atoms with Gasteiger partial charge in [-0.15, -0.1) is 0 Å². The van der Waals surface area contributed by atoms with Crippen molar-refractivity contribution in [1.82, 2.24) is 0 Å². The molecule has 0 unspecified atom stereocenters. The van der Waals surface area contributed by atoms with Crippen LogP contribution in [-0.2, 0) is 30.4 Å². The van der Waals surface area contributed by atoms with Gasteiger partial charge in [0.1, 0.15) is 14.7 Å². The van der Waals surface area contributed by atoms with Crippen molar-refractivity contribution in [2.75, 3.05) is 0 Å². The second kappa shape index (κ2) is 7.58. The Labute approximate surface area is 172 Å². The van der Waals surface area contributed by atoms with E-state index >= 15 is 0 Å². The lowest BCUT2D eigenvalue weighted by atomic mass is 9.94. The number of hydrogen-bond donors (Lipinski definition) is 3. The third kappa shape index (κ3) is 4.28. The molecule has 0 bridgehead atoms. The summed E-state index contributed by atoms with van der Waals surface area (Å²) in [6, 6.07) is 16.3. The zero-order chi connectivity index (χ0) is 22.3. The number of benzene rings is 3. The Kier molecular flexibility index (Phi) is 5.58. The van der Waals surface area contributed by atoms with Gasteiger partial charge in [0.15, 0.2) is 0 Å². The second-order valence-corrected chi connectivity index (χ2v) is 10.2. The minimum atomic E-state index is -5.52. The van der Waals surface area contributed by atoms with Crippen molar-refractivity contribution in [3.63, 3.8) is 0 Å². The molecule has 30 heavy (non-hydrogen) atoms. The first-order valence-corrected chi connectivity index (χ1v) is 12.4. The lowest BCUT2D eigenvalue weighted by Crippen LogP contribution is -2.15. The zero-order valence-corrected chi connectivity index (χ0v) is 17.3. The van der Waals surface area contributed by atoms with Gasteiger partial charge in [-0.25, -0.2) is 0 Å². The third-order valence-electron chi connectivity index (χ3n) is 4.17. The maximum atomic E-state index is 12.1. The van der Waals surface area contributed by atoms with Crippen LogP contribution in [0.2, 0.25) is 0 Å². The predicted molar refractivity (Wildman–Crippen MR) is 107 cm³/mol. The fourth-order valence-electron chi connectivity index (χ4n) is 3.05. The second-order valence-electron chi connectivity index (χ2n) is 6.11. The number of rotatable bonds is 5. The van der Waals surface area contributed by atoms with E-state index in [1.54, 1.807) is 42.5 Å². The summed E-state index contributed by atoms with van der Waals surface area (Å²) in [4.78, 5) is -4.41. The minimum Gasteiger partial charge on any atom is -0.282 e. The molecule has 0 fully saturated rings. The van der Waals surface area contributed by atoms with Crippen LogP contribution < -0.4 is 0 Å². The molecular formula is C18H14O9S3. The highest BCUT2D eigenvalue weighted by atomic mass is 32.2. The first-order valence-electron chi connectivity index (χ1n) is 8.06. The Morgan fingerprint density at radius 1 is 0.467 bits per heavy atom. The van der Waals surface area contributed by atoms with E-state index in [0.29, 0.717) is 17.2 Å². The highest BCUT2D eigenvalue weighted by Crippen LogP contribution is 2.40. The van der Waals surface area contributed by atoms with Crippen LogP contribution in [0, 0.1) is 0 Å². The molecule has 0 aliphatic heterocycles. The molecule has 0 saturated heterocycles. The van der Waals surface area contributed by atoms with Crippen LogP contribution in [-0.4, -0.2) is 38.9 Å². The van der Waals surface area contributed by atoms with Crippen molar-refractivity contribution < 1.29 is 38.9 Å². The topological polar surface area (TPSA) is 163 Å².